The number of benzene rings is 1. The van der Waals surface area contributed by atoms with E-state index in [-0.39, 0.29) is 5.82 Å². The minimum Gasteiger partial charge on any atom is -0.371 e. The molecule has 0 aliphatic carbocycles. The van der Waals surface area contributed by atoms with E-state index >= 15 is 0 Å². The van der Waals surface area contributed by atoms with Crippen molar-refractivity contribution in [2.75, 3.05) is 37.3 Å². The summed E-state index contributed by atoms with van der Waals surface area (Å²) in [6, 6.07) is 4.95. The van der Waals surface area contributed by atoms with E-state index in [1.54, 1.807) is 10.4 Å². The van der Waals surface area contributed by atoms with Crippen LogP contribution in [-0.2, 0) is 16.4 Å². The van der Waals surface area contributed by atoms with Gasteiger partial charge in [0.05, 0.1) is 6.26 Å². The van der Waals surface area contributed by atoms with Crippen LogP contribution in [0.4, 0.5) is 10.1 Å². The molecule has 0 aromatic heterocycles. The van der Waals surface area contributed by atoms with Gasteiger partial charge in [-0.15, -0.1) is 0 Å². The molecule has 2 heterocycles. The molecule has 1 aromatic rings. The Kier molecular flexibility index (Phi) is 3.92. The van der Waals surface area contributed by atoms with Gasteiger partial charge in [-0.25, -0.2) is 17.1 Å². The molecule has 1 unspecified atom stereocenters. The SMILES string of the molecule is CS(=O)(=O)N1CCCC(CN2CCc3cc(F)ccc32)C1. The van der Waals surface area contributed by atoms with Crippen LogP contribution in [0.25, 0.3) is 0 Å². The van der Waals surface area contributed by atoms with E-state index in [0.717, 1.165) is 43.6 Å². The third-order valence-electron chi connectivity index (χ3n) is 4.46. The van der Waals surface area contributed by atoms with Crippen molar-refractivity contribution >= 4 is 15.7 Å². The molecule has 1 fully saturated rings. The zero-order chi connectivity index (χ0) is 15.0. The molecule has 0 saturated carbocycles. The summed E-state index contributed by atoms with van der Waals surface area (Å²) in [5.74, 6) is 0.168. The van der Waals surface area contributed by atoms with Crippen LogP contribution in [-0.4, -0.2) is 45.2 Å². The Morgan fingerprint density at radius 1 is 1.33 bits per heavy atom. The Morgan fingerprint density at radius 3 is 2.90 bits per heavy atom. The lowest BCUT2D eigenvalue weighted by Gasteiger charge is -2.34. The number of hydrogen-bond acceptors (Lipinski definition) is 3. The summed E-state index contributed by atoms with van der Waals surface area (Å²) in [5, 5.41) is 0. The molecule has 1 aromatic carbocycles. The molecule has 3 rings (SSSR count). The summed E-state index contributed by atoms with van der Waals surface area (Å²) in [6.07, 6.45) is 4.12. The Balaban J connectivity index is 1.68. The Morgan fingerprint density at radius 2 is 2.14 bits per heavy atom. The van der Waals surface area contributed by atoms with E-state index in [1.165, 1.54) is 12.3 Å². The van der Waals surface area contributed by atoms with Crippen molar-refractivity contribution in [3.63, 3.8) is 0 Å². The second-order valence-electron chi connectivity index (χ2n) is 6.10. The highest BCUT2D eigenvalue weighted by atomic mass is 32.2. The number of hydrogen-bond donors (Lipinski definition) is 0. The van der Waals surface area contributed by atoms with Crippen molar-refractivity contribution in [2.45, 2.75) is 19.3 Å². The van der Waals surface area contributed by atoms with Gasteiger partial charge in [0.25, 0.3) is 0 Å². The first-order valence-corrected chi connectivity index (χ1v) is 9.27. The summed E-state index contributed by atoms with van der Waals surface area (Å²) >= 11 is 0. The van der Waals surface area contributed by atoms with E-state index in [1.807, 2.05) is 6.07 Å². The minimum absolute atomic E-state index is 0.184. The predicted octanol–water partition coefficient (Wildman–Crippen LogP) is 1.86. The van der Waals surface area contributed by atoms with Crippen LogP contribution in [0.15, 0.2) is 18.2 Å². The molecule has 0 radical (unpaired) electrons. The van der Waals surface area contributed by atoms with Crippen LogP contribution in [0.5, 0.6) is 0 Å². The van der Waals surface area contributed by atoms with Crippen LogP contribution in [0.2, 0.25) is 0 Å². The Hall–Kier alpha value is -1.14. The second kappa shape index (κ2) is 5.57. The summed E-state index contributed by atoms with van der Waals surface area (Å²) < 4.78 is 38.2. The zero-order valence-corrected chi connectivity index (χ0v) is 13.1. The molecular weight excluding hydrogens is 291 g/mol. The lowest BCUT2D eigenvalue weighted by Crippen LogP contribution is -2.43. The summed E-state index contributed by atoms with van der Waals surface area (Å²) in [5.41, 5.74) is 2.17. The molecule has 6 heteroatoms. The van der Waals surface area contributed by atoms with Gasteiger partial charge in [0.2, 0.25) is 10.0 Å². The van der Waals surface area contributed by atoms with Gasteiger partial charge in [-0.3, -0.25) is 0 Å². The van der Waals surface area contributed by atoms with Crippen molar-refractivity contribution < 1.29 is 12.8 Å². The summed E-state index contributed by atoms with van der Waals surface area (Å²) in [4.78, 5) is 2.27. The van der Waals surface area contributed by atoms with E-state index in [4.69, 9.17) is 0 Å². The van der Waals surface area contributed by atoms with E-state index in [9.17, 15) is 12.8 Å². The quantitative estimate of drug-likeness (QED) is 0.855. The predicted molar refractivity (Wildman–Crippen MR) is 81.5 cm³/mol. The highest BCUT2D eigenvalue weighted by molar-refractivity contribution is 7.88. The number of piperidine rings is 1. The van der Waals surface area contributed by atoms with Crippen molar-refractivity contribution in [1.82, 2.24) is 4.31 Å². The third-order valence-corrected chi connectivity index (χ3v) is 5.73. The zero-order valence-electron chi connectivity index (χ0n) is 12.3. The first-order chi connectivity index (χ1) is 9.93. The number of halogens is 1. The Labute approximate surface area is 125 Å². The largest absolute Gasteiger partial charge is 0.371 e. The fourth-order valence-electron chi connectivity index (χ4n) is 3.42. The van der Waals surface area contributed by atoms with Gasteiger partial charge in [-0.05, 0) is 48.9 Å². The normalized spacial score (nSPS) is 23.3. The molecule has 21 heavy (non-hydrogen) atoms. The molecule has 1 saturated heterocycles. The lowest BCUT2D eigenvalue weighted by atomic mass is 9.99. The molecule has 0 bridgehead atoms. The number of nitrogens with zero attached hydrogens (tertiary/aromatic N) is 2. The van der Waals surface area contributed by atoms with Gasteiger partial charge in [-0.2, -0.15) is 0 Å². The summed E-state index contributed by atoms with van der Waals surface area (Å²) in [6.45, 7) is 2.99. The van der Waals surface area contributed by atoms with Crippen molar-refractivity contribution in [3.05, 3.63) is 29.6 Å². The molecule has 2 aliphatic rings. The van der Waals surface area contributed by atoms with Crippen LogP contribution in [0, 0.1) is 11.7 Å². The smallest absolute Gasteiger partial charge is 0.211 e. The van der Waals surface area contributed by atoms with Gasteiger partial charge in [0.1, 0.15) is 5.82 Å². The molecule has 0 N–H and O–H groups in total. The van der Waals surface area contributed by atoms with E-state index in [2.05, 4.69) is 4.90 Å². The molecule has 1 atom stereocenters. The monoisotopic (exact) mass is 312 g/mol. The highest BCUT2D eigenvalue weighted by Gasteiger charge is 2.29. The molecule has 0 spiro atoms. The van der Waals surface area contributed by atoms with E-state index < -0.39 is 10.0 Å². The topological polar surface area (TPSA) is 40.6 Å². The van der Waals surface area contributed by atoms with Gasteiger partial charge in [0, 0.05) is 31.9 Å². The highest BCUT2D eigenvalue weighted by Crippen LogP contribution is 2.30. The number of rotatable bonds is 3. The van der Waals surface area contributed by atoms with Crippen molar-refractivity contribution in [2.24, 2.45) is 5.92 Å². The standard InChI is InChI=1S/C15H21FN2O2S/c1-21(19,20)18-7-2-3-12(11-18)10-17-8-6-13-9-14(16)4-5-15(13)17/h4-5,9,12H,2-3,6-8,10-11H2,1H3. The maximum atomic E-state index is 13.2. The van der Waals surface area contributed by atoms with Gasteiger partial charge in [-0.1, -0.05) is 0 Å². The van der Waals surface area contributed by atoms with Crippen molar-refractivity contribution in [1.29, 1.82) is 0 Å². The first kappa shape index (κ1) is 14.8. The fourth-order valence-corrected chi connectivity index (χ4v) is 4.36. The average Bonchev–Trinajstić information content (AvgIpc) is 2.80. The fraction of sp³-hybridized carbons (Fsp3) is 0.600. The van der Waals surface area contributed by atoms with Gasteiger partial charge < -0.3 is 4.90 Å². The van der Waals surface area contributed by atoms with Crippen LogP contribution in [0.1, 0.15) is 18.4 Å². The first-order valence-electron chi connectivity index (χ1n) is 7.42. The van der Waals surface area contributed by atoms with Crippen LogP contribution >= 0.6 is 0 Å². The molecule has 4 nitrogen and oxygen atoms in total. The third kappa shape index (κ3) is 3.21. The minimum atomic E-state index is -3.09. The maximum Gasteiger partial charge on any atom is 0.211 e. The lowest BCUT2D eigenvalue weighted by molar-refractivity contribution is 0.270. The van der Waals surface area contributed by atoms with Crippen LogP contribution < -0.4 is 4.90 Å². The van der Waals surface area contributed by atoms with Crippen molar-refractivity contribution in [3.8, 4) is 0 Å². The molecular formula is C15H21FN2O2S. The molecule has 116 valence electrons. The second-order valence-corrected chi connectivity index (χ2v) is 8.08. The number of anilines is 1. The van der Waals surface area contributed by atoms with E-state index in [0.29, 0.717) is 19.0 Å². The Bertz CT molecular complexity index is 633. The molecule has 2 aliphatic heterocycles. The molecule has 0 amide bonds. The maximum absolute atomic E-state index is 13.2. The van der Waals surface area contributed by atoms with Gasteiger partial charge >= 0.3 is 0 Å². The number of fused-ring (bicyclic) bond motifs is 1. The number of sulfonamides is 1. The van der Waals surface area contributed by atoms with Crippen LogP contribution in [0.3, 0.4) is 0 Å². The van der Waals surface area contributed by atoms with Gasteiger partial charge in [0.15, 0.2) is 0 Å². The summed E-state index contributed by atoms with van der Waals surface area (Å²) in [7, 11) is -3.09. The average molecular weight is 312 g/mol.